The minimum atomic E-state index is -3.87. The van der Waals surface area contributed by atoms with Crippen molar-refractivity contribution in [1.82, 2.24) is 20.9 Å². The van der Waals surface area contributed by atoms with Crippen LogP contribution in [0.5, 0.6) is 0 Å². The summed E-state index contributed by atoms with van der Waals surface area (Å²) in [6, 6.07) is 17.7. The third kappa shape index (κ3) is 8.85. The number of hydrogen-bond donors (Lipinski definition) is 3. The molecule has 0 aliphatic rings. The van der Waals surface area contributed by atoms with Gasteiger partial charge in [0.1, 0.15) is 0 Å². The van der Waals surface area contributed by atoms with Crippen molar-refractivity contribution >= 4 is 56.8 Å². The Labute approximate surface area is 256 Å². The van der Waals surface area contributed by atoms with Crippen molar-refractivity contribution in [2.75, 3.05) is 37.7 Å². The van der Waals surface area contributed by atoms with Gasteiger partial charge in [0.15, 0.2) is 0 Å². The van der Waals surface area contributed by atoms with E-state index in [1.165, 1.54) is 16.3 Å². The van der Waals surface area contributed by atoms with Gasteiger partial charge in [-0.05, 0) is 60.0 Å². The molecule has 0 aromatic heterocycles. The van der Waals surface area contributed by atoms with Gasteiger partial charge >= 0.3 is 6.03 Å². The lowest BCUT2D eigenvalue weighted by molar-refractivity contribution is 0.0827. The molecule has 4 amide bonds. The first kappa shape index (κ1) is 32.7. The lowest BCUT2D eigenvalue weighted by Gasteiger charge is -2.25. The largest absolute Gasteiger partial charge is 0.348 e. The predicted molar refractivity (Wildman–Crippen MR) is 166 cm³/mol. The summed E-state index contributed by atoms with van der Waals surface area (Å²) in [6.45, 7) is 0.329. The molecule has 0 saturated carbocycles. The van der Waals surface area contributed by atoms with Gasteiger partial charge in [-0.3, -0.25) is 13.9 Å². The van der Waals surface area contributed by atoms with Crippen molar-refractivity contribution in [3.63, 3.8) is 0 Å². The molecule has 3 rings (SSSR count). The summed E-state index contributed by atoms with van der Waals surface area (Å²) >= 11 is 12.5. The van der Waals surface area contributed by atoms with Crippen LogP contribution in [0.2, 0.25) is 10.0 Å². The Bertz CT molecular complexity index is 1510. The highest BCUT2D eigenvalue weighted by Crippen LogP contribution is 2.30. The van der Waals surface area contributed by atoms with E-state index >= 15 is 0 Å². The van der Waals surface area contributed by atoms with Crippen molar-refractivity contribution in [3.05, 3.63) is 99.0 Å². The molecule has 0 atom stereocenters. The number of nitrogens with one attached hydrogen (secondary N) is 3. The number of anilines is 1. The first-order valence-corrected chi connectivity index (χ1v) is 15.4. The highest BCUT2D eigenvalue weighted by Gasteiger charge is 2.24. The summed E-state index contributed by atoms with van der Waals surface area (Å²) < 4.78 is 28.1. The lowest BCUT2D eigenvalue weighted by Crippen LogP contribution is -2.36. The molecule has 0 spiro atoms. The van der Waals surface area contributed by atoms with Crippen LogP contribution in [0.3, 0.4) is 0 Å². The molecule has 0 radical (unpaired) electrons. The maximum atomic E-state index is 13.4. The number of rotatable bonds is 12. The van der Waals surface area contributed by atoms with Crippen molar-refractivity contribution < 1.29 is 22.8 Å². The van der Waals surface area contributed by atoms with E-state index in [-0.39, 0.29) is 48.6 Å². The summed E-state index contributed by atoms with van der Waals surface area (Å²) in [5.74, 6) is -0.696. The van der Waals surface area contributed by atoms with Crippen LogP contribution in [0.4, 0.5) is 10.5 Å². The van der Waals surface area contributed by atoms with Gasteiger partial charge in [0.05, 0.1) is 28.0 Å². The van der Waals surface area contributed by atoms with Crippen LogP contribution < -0.4 is 20.3 Å². The second-order valence-corrected chi connectivity index (χ2v) is 12.3. The molecule has 0 heterocycles. The second kappa shape index (κ2) is 14.9. The quantitative estimate of drug-likeness (QED) is 0.257. The van der Waals surface area contributed by atoms with E-state index in [4.69, 9.17) is 23.2 Å². The number of nitrogens with zero attached hydrogens (tertiary/aromatic N) is 2. The van der Waals surface area contributed by atoms with Gasteiger partial charge < -0.3 is 20.9 Å². The monoisotopic (exact) mass is 633 g/mol. The molecule has 0 unspecified atom stereocenters. The molecular weight excluding hydrogens is 601 g/mol. The first-order chi connectivity index (χ1) is 19.9. The zero-order valence-electron chi connectivity index (χ0n) is 23.5. The number of carbonyl (C=O) groups is 3. The van der Waals surface area contributed by atoms with Gasteiger partial charge in [0.2, 0.25) is 10.0 Å². The first-order valence-electron chi connectivity index (χ1n) is 13.0. The standard InChI is InChI=1S/C29H33Cl2N5O5S/c1-32-29(39)33-16-5-17-42(40,41)36(19-23-6-4-7-25(30)26(23)31)24-14-12-21(13-15-24)27(37)34-18-20-8-10-22(11-9-20)28(38)35(2)3/h4,6-15H,5,16-19H2,1-3H3,(H,34,37)(H2,32,33,39). The highest BCUT2D eigenvalue weighted by molar-refractivity contribution is 7.92. The zero-order chi connectivity index (χ0) is 30.9. The van der Waals surface area contributed by atoms with E-state index in [0.717, 1.165) is 5.56 Å². The Morgan fingerprint density at radius 3 is 2.12 bits per heavy atom. The normalized spacial score (nSPS) is 11.0. The van der Waals surface area contributed by atoms with Gasteiger partial charge in [-0.2, -0.15) is 0 Å². The van der Waals surface area contributed by atoms with Crippen molar-refractivity contribution in [1.29, 1.82) is 0 Å². The zero-order valence-corrected chi connectivity index (χ0v) is 25.8. The summed E-state index contributed by atoms with van der Waals surface area (Å²) in [5.41, 5.74) is 2.55. The van der Waals surface area contributed by atoms with Gasteiger partial charge in [0, 0.05) is 45.4 Å². The van der Waals surface area contributed by atoms with Crippen molar-refractivity contribution in [2.24, 2.45) is 0 Å². The summed E-state index contributed by atoms with van der Waals surface area (Å²) in [7, 11) is 0.955. The number of hydrogen-bond acceptors (Lipinski definition) is 5. The van der Waals surface area contributed by atoms with Crippen molar-refractivity contribution in [2.45, 2.75) is 19.5 Å². The molecule has 13 heteroatoms. The van der Waals surface area contributed by atoms with E-state index in [9.17, 15) is 22.8 Å². The summed E-state index contributed by atoms with van der Waals surface area (Å²) in [4.78, 5) is 37.8. The van der Waals surface area contributed by atoms with Crippen LogP contribution in [-0.4, -0.2) is 64.6 Å². The number of sulfonamides is 1. The average molecular weight is 635 g/mol. The van der Waals surface area contributed by atoms with E-state index in [1.807, 2.05) is 0 Å². The fraction of sp³-hybridized carbons (Fsp3) is 0.276. The lowest BCUT2D eigenvalue weighted by atomic mass is 10.1. The third-order valence-electron chi connectivity index (χ3n) is 6.25. The third-order valence-corrected chi connectivity index (χ3v) is 8.92. The summed E-state index contributed by atoms with van der Waals surface area (Å²) in [6.07, 6.45) is 0.181. The number of halogens is 2. The van der Waals surface area contributed by atoms with Crippen LogP contribution >= 0.6 is 23.2 Å². The molecule has 0 fully saturated rings. The Balaban J connectivity index is 1.75. The van der Waals surface area contributed by atoms with Crippen LogP contribution in [0.15, 0.2) is 66.7 Å². The van der Waals surface area contributed by atoms with E-state index < -0.39 is 16.1 Å². The fourth-order valence-corrected chi connectivity index (χ4v) is 5.81. The maximum absolute atomic E-state index is 13.4. The van der Waals surface area contributed by atoms with E-state index in [0.29, 0.717) is 27.4 Å². The maximum Gasteiger partial charge on any atom is 0.314 e. The molecule has 42 heavy (non-hydrogen) atoms. The molecule has 0 aliphatic carbocycles. The van der Waals surface area contributed by atoms with Gasteiger partial charge in [0.25, 0.3) is 11.8 Å². The molecule has 0 saturated heterocycles. The molecule has 0 bridgehead atoms. The minimum Gasteiger partial charge on any atom is -0.348 e. The molecule has 10 nitrogen and oxygen atoms in total. The van der Waals surface area contributed by atoms with Crippen molar-refractivity contribution in [3.8, 4) is 0 Å². The molecular formula is C29H33Cl2N5O5S. The molecule has 3 aromatic rings. The molecule has 3 N–H and O–H groups in total. The number of urea groups is 1. The Morgan fingerprint density at radius 1 is 0.857 bits per heavy atom. The van der Waals surface area contributed by atoms with Gasteiger partial charge in [-0.15, -0.1) is 0 Å². The van der Waals surface area contributed by atoms with Crippen LogP contribution in [0, 0.1) is 0 Å². The molecule has 3 aromatic carbocycles. The minimum absolute atomic E-state index is 0.0809. The molecule has 224 valence electrons. The summed E-state index contributed by atoms with van der Waals surface area (Å²) in [5, 5.41) is 8.36. The highest BCUT2D eigenvalue weighted by atomic mass is 35.5. The SMILES string of the molecule is CNC(=O)NCCCS(=O)(=O)N(Cc1cccc(Cl)c1Cl)c1ccc(C(=O)NCc2ccc(C(=O)N(C)C)cc2)cc1. The van der Waals surface area contributed by atoms with Crippen LogP contribution in [0.25, 0.3) is 0 Å². The van der Waals surface area contributed by atoms with Gasteiger partial charge in [-0.25, -0.2) is 13.2 Å². The van der Waals surface area contributed by atoms with Crippen LogP contribution in [-0.2, 0) is 23.1 Å². The Kier molecular flexibility index (Phi) is 11.6. The topological polar surface area (TPSA) is 128 Å². The Morgan fingerprint density at radius 2 is 1.50 bits per heavy atom. The van der Waals surface area contributed by atoms with Crippen LogP contribution in [0.1, 0.15) is 38.3 Å². The number of benzene rings is 3. The smallest absolute Gasteiger partial charge is 0.314 e. The molecule has 0 aliphatic heterocycles. The average Bonchev–Trinajstić information content (AvgIpc) is 2.98. The van der Waals surface area contributed by atoms with Gasteiger partial charge in [-0.1, -0.05) is 47.5 Å². The van der Waals surface area contributed by atoms with E-state index in [1.54, 1.807) is 80.8 Å². The fourth-order valence-electron chi connectivity index (χ4n) is 3.92. The number of carbonyl (C=O) groups excluding carboxylic acids is 3. The predicted octanol–water partition coefficient (Wildman–Crippen LogP) is 4.28. The van der Waals surface area contributed by atoms with E-state index in [2.05, 4.69) is 16.0 Å². The second-order valence-electron chi connectivity index (χ2n) is 9.52. The number of amides is 4. The Hall–Kier alpha value is -3.80.